The number of rotatable bonds is 4. The van der Waals surface area contributed by atoms with Crippen molar-refractivity contribution in [2.24, 2.45) is 11.7 Å². The molecule has 0 radical (unpaired) electrons. The van der Waals surface area contributed by atoms with E-state index in [9.17, 15) is 4.79 Å². The van der Waals surface area contributed by atoms with Crippen molar-refractivity contribution < 1.29 is 9.21 Å². The molecule has 2 N–H and O–H groups in total. The number of furan rings is 1. The third-order valence-electron chi connectivity index (χ3n) is 5.56. The number of nitrogens with zero attached hydrogens (tertiary/aromatic N) is 1. The Morgan fingerprint density at radius 2 is 2.12 bits per heavy atom. The van der Waals surface area contributed by atoms with Crippen molar-refractivity contribution in [1.29, 1.82) is 0 Å². The molecule has 1 aliphatic rings. The van der Waals surface area contributed by atoms with Crippen molar-refractivity contribution in [3.05, 3.63) is 35.1 Å². The van der Waals surface area contributed by atoms with E-state index in [1.807, 2.05) is 11.8 Å². The lowest BCUT2D eigenvalue weighted by atomic mass is 9.91. The molecule has 1 aliphatic heterocycles. The van der Waals surface area contributed by atoms with Crippen molar-refractivity contribution in [3.63, 3.8) is 0 Å². The summed E-state index contributed by atoms with van der Waals surface area (Å²) in [5, 5.41) is 1.07. The molecule has 2 aromatic rings. The summed E-state index contributed by atoms with van der Waals surface area (Å²) in [7, 11) is 0. The van der Waals surface area contributed by atoms with Crippen molar-refractivity contribution in [1.82, 2.24) is 4.90 Å². The molecule has 0 bridgehead atoms. The minimum Gasteiger partial charge on any atom is -0.464 e. The first-order valence-electron chi connectivity index (χ1n) is 9.40. The maximum Gasteiger partial charge on any atom is 0.227 e. The molecule has 1 amide bonds. The van der Waals surface area contributed by atoms with E-state index in [-0.39, 0.29) is 11.9 Å². The van der Waals surface area contributed by atoms with Gasteiger partial charge in [-0.25, -0.2) is 0 Å². The quantitative estimate of drug-likeness (QED) is 0.914. The molecule has 1 fully saturated rings. The normalized spacial score (nSPS) is 19.6. The molecule has 0 spiro atoms. The predicted molar refractivity (Wildman–Crippen MR) is 102 cm³/mol. The van der Waals surface area contributed by atoms with E-state index >= 15 is 0 Å². The van der Waals surface area contributed by atoms with Crippen molar-refractivity contribution in [3.8, 4) is 0 Å². The van der Waals surface area contributed by atoms with E-state index in [0.717, 1.165) is 42.5 Å². The molecule has 2 heterocycles. The number of fused-ring (bicyclic) bond motifs is 1. The van der Waals surface area contributed by atoms with Gasteiger partial charge in [-0.15, -0.1) is 0 Å². The molecule has 25 heavy (non-hydrogen) atoms. The molecule has 1 aromatic carbocycles. The topological polar surface area (TPSA) is 59.5 Å². The fourth-order valence-corrected chi connectivity index (χ4v) is 3.94. The van der Waals surface area contributed by atoms with Gasteiger partial charge in [0.25, 0.3) is 0 Å². The van der Waals surface area contributed by atoms with E-state index in [1.54, 1.807) is 6.26 Å². The summed E-state index contributed by atoms with van der Waals surface area (Å²) in [4.78, 5) is 14.8. The highest BCUT2D eigenvalue weighted by atomic mass is 16.3. The molecule has 0 saturated carbocycles. The van der Waals surface area contributed by atoms with E-state index in [4.69, 9.17) is 10.2 Å². The Morgan fingerprint density at radius 1 is 1.36 bits per heavy atom. The van der Waals surface area contributed by atoms with Gasteiger partial charge in [0.2, 0.25) is 5.91 Å². The average Bonchev–Trinajstić information content (AvgIpc) is 2.95. The number of hydrogen-bond acceptors (Lipinski definition) is 3. The minimum atomic E-state index is 0.141. The van der Waals surface area contributed by atoms with E-state index in [2.05, 4.69) is 32.9 Å². The summed E-state index contributed by atoms with van der Waals surface area (Å²) in [5.74, 6) is 1.05. The number of piperidine rings is 1. The van der Waals surface area contributed by atoms with Gasteiger partial charge in [0.15, 0.2) is 0 Å². The van der Waals surface area contributed by atoms with Crippen LogP contribution >= 0.6 is 0 Å². The molecule has 1 aromatic heterocycles. The third-order valence-corrected chi connectivity index (χ3v) is 5.56. The van der Waals surface area contributed by atoms with Gasteiger partial charge in [0.05, 0.1) is 12.7 Å². The second-order valence-corrected chi connectivity index (χ2v) is 7.90. The van der Waals surface area contributed by atoms with Crippen LogP contribution in [0.25, 0.3) is 11.0 Å². The zero-order valence-electron chi connectivity index (χ0n) is 15.8. The van der Waals surface area contributed by atoms with Crippen LogP contribution in [-0.2, 0) is 11.2 Å². The Balaban J connectivity index is 1.80. The van der Waals surface area contributed by atoms with E-state index in [0.29, 0.717) is 18.3 Å². The predicted octanol–water partition coefficient (Wildman–Crippen LogP) is 3.99. The summed E-state index contributed by atoms with van der Waals surface area (Å²) < 4.78 is 5.72. The first kappa shape index (κ1) is 18.0. The van der Waals surface area contributed by atoms with Gasteiger partial charge in [-0.05, 0) is 61.8 Å². The fraction of sp³-hybridized carbons (Fsp3) is 0.571. The van der Waals surface area contributed by atoms with Crippen LogP contribution in [0.5, 0.6) is 0 Å². The van der Waals surface area contributed by atoms with Crippen LogP contribution in [0.3, 0.4) is 0 Å². The monoisotopic (exact) mass is 342 g/mol. The second-order valence-electron chi connectivity index (χ2n) is 7.90. The van der Waals surface area contributed by atoms with Gasteiger partial charge in [-0.1, -0.05) is 13.8 Å². The minimum absolute atomic E-state index is 0.141. The van der Waals surface area contributed by atoms with Crippen LogP contribution in [0.4, 0.5) is 0 Å². The Hall–Kier alpha value is -1.81. The summed E-state index contributed by atoms with van der Waals surface area (Å²) in [6, 6.07) is 4.43. The Labute approximate surface area is 150 Å². The highest BCUT2D eigenvalue weighted by Crippen LogP contribution is 2.29. The van der Waals surface area contributed by atoms with Gasteiger partial charge < -0.3 is 15.1 Å². The molecule has 4 nitrogen and oxygen atoms in total. The number of aryl methyl sites for hydroxylation is 1. The smallest absolute Gasteiger partial charge is 0.227 e. The van der Waals surface area contributed by atoms with Crippen molar-refractivity contribution >= 4 is 16.9 Å². The zero-order chi connectivity index (χ0) is 18.1. The zero-order valence-corrected chi connectivity index (χ0v) is 15.8. The van der Waals surface area contributed by atoms with Crippen LogP contribution < -0.4 is 5.73 Å². The summed E-state index contributed by atoms with van der Waals surface area (Å²) in [6.45, 7) is 10.2. The molecule has 2 unspecified atom stereocenters. The second kappa shape index (κ2) is 7.20. The molecule has 136 valence electrons. The number of amides is 1. The summed E-state index contributed by atoms with van der Waals surface area (Å²) >= 11 is 0. The van der Waals surface area contributed by atoms with Crippen molar-refractivity contribution in [2.45, 2.75) is 58.9 Å². The first-order valence-corrected chi connectivity index (χ1v) is 9.40. The molecular formula is C21H30N2O2. The van der Waals surface area contributed by atoms with E-state index in [1.165, 1.54) is 11.1 Å². The number of carbonyl (C=O) groups excluding carboxylic acids is 1. The molecular weight excluding hydrogens is 312 g/mol. The largest absolute Gasteiger partial charge is 0.464 e. The number of carbonyl (C=O) groups is 1. The Kier molecular flexibility index (Phi) is 5.19. The van der Waals surface area contributed by atoms with Crippen molar-refractivity contribution in [2.75, 3.05) is 13.1 Å². The van der Waals surface area contributed by atoms with E-state index < -0.39 is 0 Å². The molecule has 2 atom stereocenters. The number of likely N-dealkylation sites (tertiary alicyclic amines) is 1. The molecule has 0 aliphatic carbocycles. The average molecular weight is 342 g/mol. The first-order chi connectivity index (χ1) is 11.9. The highest BCUT2D eigenvalue weighted by Gasteiger charge is 2.26. The maximum atomic E-state index is 12.8. The summed E-state index contributed by atoms with van der Waals surface area (Å²) in [6.07, 6.45) is 4.31. The summed E-state index contributed by atoms with van der Waals surface area (Å²) in [5.41, 5.74) is 10.5. The highest BCUT2D eigenvalue weighted by molar-refractivity contribution is 5.88. The molecule has 3 rings (SSSR count). The SMILES string of the molecule is Cc1cc2occ(CC(=O)N3CCCC(C(C)N)C3)c2cc1C(C)C. The number of benzene rings is 1. The lowest BCUT2D eigenvalue weighted by Gasteiger charge is -2.34. The van der Waals surface area contributed by atoms with Gasteiger partial charge in [0, 0.05) is 30.1 Å². The van der Waals surface area contributed by atoms with Crippen LogP contribution in [0.15, 0.2) is 22.8 Å². The fourth-order valence-electron chi connectivity index (χ4n) is 3.94. The molecule has 1 saturated heterocycles. The lowest BCUT2D eigenvalue weighted by molar-refractivity contribution is -0.132. The van der Waals surface area contributed by atoms with Gasteiger partial charge in [0.1, 0.15) is 5.58 Å². The third kappa shape index (κ3) is 3.74. The molecule has 4 heteroatoms. The number of hydrogen-bond donors (Lipinski definition) is 1. The maximum absolute atomic E-state index is 12.8. The van der Waals surface area contributed by atoms with Crippen LogP contribution in [0, 0.1) is 12.8 Å². The lowest BCUT2D eigenvalue weighted by Crippen LogP contribution is -2.45. The van der Waals surface area contributed by atoms with Gasteiger partial charge >= 0.3 is 0 Å². The number of nitrogens with two attached hydrogens (primary N) is 1. The Bertz CT molecular complexity index is 761. The van der Waals surface area contributed by atoms with Gasteiger partial charge in [-0.3, -0.25) is 4.79 Å². The Morgan fingerprint density at radius 3 is 2.80 bits per heavy atom. The van der Waals surface area contributed by atoms with Crippen LogP contribution in [-0.4, -0.2) is 29.9 Å². The van der Waals surface area contributed by atoms with Crippen LogP contribution in [0.2, 0.25) is 0 Å². The van der Waals surface area contributed by atoms with Gasteiger partial charge in [-0.2, -0.15) is 0 Å². The standard InChI is InChI=1S/C21H30N2O2/c1-13(2)18-10-19-17(12-25-20(19)8-14(18)3)9-21(24)23-7-5-6-16(11-23)15(4)22/h8,10,12-13,15-16H,5-7,9,11,22H2,1-4H3. The van der Waals surface area contributed by atoms with Crippen LogP contribution in [0.1, 0.15) is 56.2 Å².